The Balaban J connectivity index is 2.22. The standard InChI is InChI=1S/C17H19F3N4O/c1-15(2,3)13-8-16(4,24-23-13)14(25)22-11-6-5-10(9-21)12(7-11)17(18,19)20/h5-7,13H,8H2,1-4H3,(H,22,25). The fourth-order valence-electron chi connectivity index (χ4n) is 2.49. The highest BCUT2D eigenvalue weighted by Crippen LogP contribution is 2.38. The predicted octanol–water partition coefficient (Wildman–Crippen LogP) is 4.54. The molecule has 0 saturated heterocycles. The van der Waals surface area contributed by atoms with Crippen LogP contribution in [0.1, 0.15) is 45.2 Å². The number of anilines is 1. The zero-order valence-corrected chi connectivity index (χ0v) is 14.4. The lowest BCUT2D eigenvalue weighted by atomic mass is 9.80. The Kier molecular flexibility index (Phi) is 4.64. The maximum atomic E-state index is 13.0. The maximum absolute atomic E-state index is 13.0. The molecular formula is C17H19F3N4O. The summed E-state index contributed by atoms with van der Waals surface area (Å²) in [6.07, 6.45) is -4.30. The van der Waals surface area contributed by atoms with E-state index in [1.807, 2.05) is 20.8 Å². The van der Waals surface area contributed by atoms with Crippen molar-refractivity contribution in [2.45, 2.75) is 51.9 Å². The summed E-state index contributed by atoms with van der Waals surface area (Å²) in [6, 6.07) is 4.42. The van der Waals surface area contributed by atoms with Crippen LogP contribution < -0.4 is 5.32 Å². The van der Waals surface area contributed by atoms with Crippen molar-refractivity contribution >= 4 is 11.6 Å². The molecule has 0 fully saturated rings. The molecule has 0 aliphatic carbocycles. The molecule has 1 aromatic carbocycles. The molecule has 1 aromatic rings. The van der Waals surface area contributed by atoms with Gasteiger partial charge in [-0.3, -0.25) is 4.79 Å². The first kappa shape index (κ1) is 18.9. The van der Waals surface area contributed by atoms with Crippen LogP contribution in [0, 0.1) is 16.7 Å². The van der Waals surface area contributed by atoms with Gasteiger partial charge >= 0.3 is 6.18 Å². The molecule has 0 bridgehead atoms. The Labute approximate surface area is 143 Å². The number of nitrogens with one attached hydrogen (secondary N) is 1. The van der Waals surface area contributed by atoms with Gasteiger partial charge in [-0.05, 0) is 30.5 Å². The number of benzene rings is 1. The predicted molar refractivity (Wildman–Crippen MR) is 85.9 cm³/mol. The summed E-state index contributed by atoms with van der Waals surface area (Å²) in [5.41, 5.74) is -2.92. The lowest BCUT2D eigenvalue weighted by Crippen LogP contribution is -2.39. The summed E-state index contributed by atoms with van der Waals surface area (Å²) >= 11 is 0. The van der Waals surface area contributed by atoms with Gasteiger partial charge in [-0.15, -0.1) is 0 Å². The van der Waals surface area contributed by atoms with E-state index in [1.54, 1.807) is 6.92 Å². The van der Waals surface area contributed by atoms with Crippen LogP contribution in [0.5, 0.6) is 0 Å². The summed E-state index contributed by atoms with van der Waals surface area (Å²) in [6.45, 7) is 7.55. The number of halogens is 3. The van der Waals surface area contributed by atoms with E-state index in [4.69, 9.17) is 5.26 Å². The van der Waals surface area contributed by atoms with E-state index in [1.165, 1.54) is 12.1 Å². The number of alkyl halides is 3. The lowest BCUT2D eigenvalue weighted by molar-refractivity contribution is -0.137. The third-order valence-corrected chi connectivity index (χ3v) is 4.20. The van der Waals surface area contributed by atoms with Crippen molar-refractivity contribution in [3.63, 3.8) is 0 Å². The monoisotopic (exact) mass is 352 g/mol. The SMILES string of the molecule is CC1(C(=O)Nc2ccc(C#N)c(C(F)(F)F)c2)CC(C(C)(C)C)N=N1. The topological polar surface area (TPSA) is 77.6 Å². The molecule has 2 atom stereocenters. The van der Waals surface area contributed by atoms with Crippen molar-refractivity contribution in [1.82, 2.24) is 0 Å². The van der Waals surface area contributed by atoms with Crippen LogP contribution in [0.3, 0.4) is 0 Å². The van der Waals surface area contributed by atoms with E-state index in [9.17, 15) is 18.0 Å². The molecule has 134 valence electrons. The summed E-state index contributed by atoms with van der Waals surface area (Å²) < 4.78 is 39.0. The quantitative estimate of drug-likeness (QED) is 0.848. The van der Waals surface area contributed by atoms with Crippen LogP contribution in [0.2, 0.25) is 0 Å². The summed E-state index contributed by atoms with van der Waals surface area (Å²) in [7, 11) is 0. The average molecular weight is 352 g/mol. The molecule has 1 aliphatic rings. The first-order valence-corrected chi connectivity index (χ1v) is 7.71. The minimum absolute atomic E-state index is 0.0352. The van der Waals surface area contributed by atoms with E-state index >= 15 is 0 Å². The molecule has 0 radical (unpaired) electrons. The molecule has 8 heteroatoms. The molecular weight excluding hydrogens is 333 g/mol. The second-order valence-electron chi connectivity index (χ2n) is 7.40. The Morgan fingerprint density at radius 2 is 2.00 bits per heavy atom. The molecule has 2 rings (SSSR count). The van der Waals surface area contributed by atoms with Crippen molar-refractivity contribution in [3.05, 3.63) is 29.3 Å². The molecule has 25 heavy (non-hydrogen) atoms. The molecule has 5 nitrogen and oxygen atoms in total. The third kappa shape index (κ3) is 3.98. The van der Waals surface area contributed by atoms with E-state index in [2.05, 4.69) is 15.5 Å². The molecule has 1 aliphatic heterocycles. The Bertz CT molecular complexity index is 759. The van der Waals surface area contributed by atoms with Crippen molar-refractivity contribution < 1.29 is 18.0 Å². The highest BCUT2D eigenvalue weighted by molar-refractivity contribution is 5.98. The second-order valence-corrected chi connectivity index (χ2v) is 7.40. The smallest absolute Gasteiger partial charge is 0.324 e. The van der Waals surface area contributed by atoms with Gasteiger partial charge in [0.05, 0.1) is 23.2 Å². The normalized spacial score (nSPS) is 23.4. The van der Waals surface area contributed by atoms with E-state index in [0.717, 1.165) is 12.1 Å². The molecule has 2 unspecified atom stereocenters. The highest BCUT2D eigenvalue weighted by atomic mass is 19.4. The van der Waals surface area contributed by atoms with Crippen LogP contribution in [0.15, 0.2) is 28.4 Å². The zero-order valence-electron chi connectivity index (χ0n) is 14.4. The van der Waals surface area contributed by atoms with Gasteiger partial charge in [0.1, 0.15) is 0 Å². The molecule has 0 saturated carbocycles. The fourth-order valence-corrected chi connectivity index (χ4v) is 2.49. The number of rotatable bonds is 2. The van der Waals surface area contributed by atoms with Crippen molar-refractivity contribution in [3.8, 4) is 6.07 Å². The Hall–Kier alpha value is -2.43. The molecule has 1 N–H and O–H groups in total. The third-order valence-electron chi connectivity index (χ3n) is 4.20. The number of amides is 1. The first-order valence-electron chi connectivity index (χ1n) is 7.71. The number of hydrogen-bond acceptors (Lipinski definition) is 4. The van der Waals surface area contributed by atoms with Gasteiger partial charge in [-0.25, -0.2) is 0 Å². The molecule has 0 spiro atoms. The number of nitriles is 1. The molecule has 1 heterocycles. The first-order chi connectivity index (χ1) is 11.4. The number of carbonyl (C=O) groups is 1. The minimum Gasteiger partial charge on any atom is -0.324 e. The van der Waals surface area contributed by atoms with E-state index in [-0.39, 0.29) is 17.1 Å². The van der Waals surface area contributed by atoms with Gasteiger partial charge in [0.25, 0.3) is 5.91 Å². The summed E-state index contributed by atoms with van der Waals surface area (Å²) in [5, 5.41) is 19.5. The van der Waals surface area contributed by atoms with Crippen LogP contribution in [0.25, 0.3) is 0 Å². The van der Waals surface area contributed by atoms with Gasteiger partial charge in [0, 0.05) is 12.1 Å². The van der Waals surface area contributed by atoms with E-state index < -0.39 is 28.7 Å². The van der Waals surface area contributed by atoms with Crippen LogP contribution in [-0.4, -0.2) is 17.5 Å². The Morgan fingerprint density at radius 3 is 2.48 bits per heavy atom. The maximum Gasteiger partial charge on any atom is 0.417 e. The van der Waals surface area contributed by atoms with Crippen molar-refractivity contribution in [2.24, 2.45) is 15.6 Å². The minimum atomic E-state index is -4.68. The van der Waals surface area contributed by atoms with Crippen molar-refractivity contribution in [1.29, 1.82) is 5.26 Å². The van der Waals surface area contributed by atoms with Crippen molar-refractivity contribution in [2.75, 3.05) is 5.32 Å². The van der Waals surface area contributed by atoms with E-state index in [0.29, 0.717) is 6.42 Å². The Morgan fingerprint density at radius 1 is 1.36 bits per heavy atom. The fraction of sp³-hybridized carbons (Fsp3) is 0.529. The highest BCUT2D eigenvalue weighted by Gasteiger charge is 2.44. The number of azo groups is 1. The van der Waals surface area contributed by atoms with Crippen LogP contribution >= 0.6 is 0 Å². The zero-order chi connectivity index (χ0) is 19.0. The van der Waals surface area contributed by atoms with Gasteiger partial charge < -0.3 is 5.32 Å². The second kappa shape index (κ2) is 6.14. The summed E-state index contributed by atoms with van der Waals surface area (Å²) in [4.78, 5) is 12.5. The van der Waals surface area contributed by atoms with Gasteiger partial charge in [-0.2, -0.15) is 28.7 Å². The van der Waals surface area contributed by atoms with Crippen LogP contribution in [-0.2, 0) is 11.0 Å². The molecule has 1 amide bonds. The largest absolute Gasteiger partial charge is 0.417 e. The van der Waals surface area contributed by atoms with Gasteiger partial charge in [0.15, 0.2) is 5.54 Å². The van der Waals surface area contributed by atoms with Gasteiger partial charge in [0.2, 0.25) is 0 Å². The van der Waals surface area contributed by atoms with Crippen LogP contribution in [0.4, 0.5) is 18.9 Å². The lowest BCUT2D eigenvalue weighted by Gasteiger charge is -2.26. The number of nitrogens with zero attached hydrogens (tertiary/aromatic N) is 3. The van der Waals surface area contributed by atoms with Gasteiger partial charge in [-0.1, -0.05) is 20.8 Å². The number of carbonyl (C=O) groups excluding carboxylic acids is 1. The molecule has 0 aromatic heterocycles. The average Bonchev–Trinajstić information content (AvgIpc) is 2.90. The number of hydrogen-bond donors (Lipinski definition) is 1. The summed E-state index contributed by atoms with van der Waals surface area (Å²) in [5.74, 6) is -0.527.